The highest BCUT2D eigenvalue weighted by Crippen LogP contribution is 2.18. The zero-order chi connectivity index (χ0) is 12.5. The van der Waals surface area contributed by atoms with Crippen LogP contribution >= 0.6 is 0 Å². The lowest BCUT2D eigenvalue weighted by atomic mass is 10.2. The molecule has 1 atom stereocenters. The van der Waals surface area contributed by atoms with Gasteiger partial charge in [-0.3, -0.25) is 0 Å². The fourth-order valence-corrected chi connectivity index (χ4v) is 2.35. The van der Waals surface area contributed by atoms with E-state index in [-0.39, 0.29) is 11.7 Å². The van der Waals surface area contributed by atoms with E-state index in [2.05, 4.69) is 4.98 Å². The first kappa shape index (κ1) is 11.2. The standard InChI is InChI=1S/C13H14N2O3/c16-13(17)9-3-4-15-10(6-9)8-14-12(15)7-11-2-1-5-18-11/h3-4,6,8,11H,1-2,5,7H2,(H,16,17). The molecule has 1 N–H and O–H groups in total. The predicted molar refractivity (Wildman–Crippen MR) is 64.8 cm³/mol. The minimum absolute atomic E-state index is 0.245. The van der Waals surface area contributed by atoms with Gasteiger partial charge in [0.2, 0.25) is 0 Å². The molecule has 18 heavy (non-hydrogen) atoms. The number of aromatic carboxylic acids is 1. The lowest BCUT2D eigenvalue weighted by molar-refractivity contribution is 0.0697. The number of imidazole rings is 1. The number of aromatic nitrogens is 2. The van der Waals surface area contributed by atoms with Crippen molar-refractivity contribution in [1.29, 1.82) is 0 Å². The molecule has 1 aliphatic heterocycles. The molecule has 1 saturated heterocycles. The third-order valence-corrected chi connectivity index (χ3v) is 3.29. The Morgan fingerprint density at radius 1 is 1.61 bits per heavy atom. The molecule has 1 aliphatic rings. The molecule has 0 spiro atoms. The summed E-state index contributed by atoms with van der Waals surface area (Å²) in [5.74, 6) is 0.00761. The number of hydrogen-bond donors (Lipinski definition) is 1. The predicted octanol–water partition coefficient (Wildman–Crippen LogP) is 1.75. The number of carbonyl (C=O) groups is 1. The first-order valence-electron chi connectivity index (χ1n) is 6.05. The molecule has 5 nitrogen and oxygen atoms in total. The number of nitrogens with zero attached hydrogens (tertiary/aromatic N) is 2. The number of carboxylic acids is 1. The number of carboxylic acid groups (broad SMARTS) is 1. The first-order valence-corrected chi connectivity index (χ1v) is 6.05. The summed E-state index contributed by atoms with van der Waals surface area (Å²) in [7, 11) is 0. The second-order valence-electron chi connectivity index (χ2n) is 4.53. The summed E-state index contributed by atoms with van der Waals surface area (Å²) in [5.41, 5.74) is 1.09. The molecule has 1 unspecified atom stereocenters. The van der Waals surface area contributed by atoms with Crippen molar-refractivity contribution >= 4 is 11.5 Å². The average molecular weight is 246 g/mol. The maximum Gasteiger partial charge on any atom is 0.335 e. The van der Waals surface area contributed by atoms with E-state index in [0.29, 0.717) is 0 Å². The molecule has 94 valence electrons. The quantitative estimate of drug-likeness (QED) is 0.896. The van der Waals surface area contributed by atoms with E-state index in [9.17, 15) is 4.79 Å². The number of ether oxygens (including phenoxy) is 1. The van der Waals surface area contributed by atoms with Gasteiger partial charge in [-0.15, -0.1) is 0 Å². The smallest absolute Gasteiger partial charge is 0.335 e. The lowest BCUT2D eigenvalue weighted by Crippen LogP contribution is -2.11. The van der Waals surface area contributed by atoms with E-state index in [4.69, 9.17) is 9.84 Å². The second kappa shape index (κ2) is 4.42. The van der Waals surface area contributed by atoms with Gasteiger partial charge in [0.1, 0.15) is 5.82 Å². The highest BCUT2D eigenvalue weighted by Gasteiger charge is 2.18. The Labute approximate surface area is 104 Å². The van der Waals surface area contributed by atoms with Gasteiger partial charge < -0.3 is 14.2 Å². The zero-order valence-electron chi connectivity index (χ0n) is 9.87. The average Bonchev–Trinajstić information content (AvgIpc) is 2.99. The van der Waals surface area contributed by atoms with Gasteiger partial charge in [0.15, 0.2) is 0 Å². The molecule has 0 aromatic carbocycles. The van der Waals surface area contributed by atoms with Crippen molar-refractivity contribution in [1.82, 2.24) is 9.38 Å². The monoisotopic (exact) mass is 246 g/mol. The van der Waals surface area contributed by atoms with Gasteiger partial charge in [-0.1, -0.05) is 0 Å². The summed E-state index contributed by atoms with van der Waals surface area (Å²) >= 11 is 0. The van der Waals surface area contributed by atoms with Gasteiger partial charge in [-0.05, 0) is 25.0 Å². The molecule has 2 aromatic rings. The third kappa shape index (κ3) is 1.97. The molecule has 0 amide bonds. The molecular formula is C13H14N2O3. The van der Waals surface area contributed by atoms with Gasteiger partial charge in [0, 0.05) is 19.2 Å². The van der Waals surface area contributed by atoms with Crippen LogP contribution < -0.4 is 0 Å². The normalized spacial score (nSPS) is 19.4. The molecule has 2 aromatic heterocycles. The van der Waals surface area contributed by atoms with Gasteiger partial charge in [-0.25, -0.2) is 9.78 Å². The number of rotatable bonds is 3. The SMILES string of the molecule is O=C(O)c1ccn2c(CC3CCCO3)ncc2c1. The molecule has 3 rings (SSSR count). The topological polar surface area (TPSA) is 63.8 Å². The van der Waals surface area contributed by atoms with E-state index in [1.807, 2.05) is 4.40 Å². The number of pyridine rings is 1. The van der Waals surface area contributed by atoms with Gasteiger partial charge in [0.25, 0.3) is 0 Å². The van der Waals surface area contributed by atoms with Crippen LogP contribution in [0, 0.1) is 0 Å². The van der Waals surface area contributed by atoms with Gasteiger partial charge >= 0.3 is 5.97 Å². The number of fused-ring (bicyclic) bond motifs is 1. The summed E-state index contributed by atoms with van der Waals surface area (Å²) in [4.78, 5) is 15.2. The Hall–Kier alpha value is -1.88. The van der Waals surface area contributed by atoms with Crippen molar-refractivity contribution in [2.24, 2.45) is 0 Å². The van der Waals surface area contributed by atoms with E-state index in [0.717, 1.165) is 37.2 Å². The lowest BCUT2D eigenvalue weighted by Gasteiger charge is -2.08. The molecule has 3 heterocycles. The fraction of sp³-hybridized carbons (Fsp3) is 0.385. The van der Waals surface area contributed by atoms with Crippen molar-refractivity contribution in [2.45, 2.75) is 25.4 Å². The Morgan fingerprint density at radius 2 is 2.50 bits per heavy atom. The van der Waals surface area contributed by atoms with E-state index >= 15 is 0 Å². The third-order valence-electron chi connectivity index (χ3n) is 3.29. The van der Waals surface area contributed by atoms with Crippen LogP contribution in [0.1, 0.15) is 29.0 Å². The molecule has 0 saturated carbocycles. The van der Waals surface area contributed by atoms with Crippen molar-refractivity contribution in [3.05, 3.63) is 35.9 Å². The summed E-state index contributed by atoms with van der Waals surface area (Å²) in [6, 6.07) is 3.23. The zero-order valence-corrected chi connectivity index (χ0v) is 9.87. The molecule has 5 heteroatoms. The van der Waals surface area contributed by atoms with Crippen LogP contribution in [-0.4, -0.2) is 33.2 Å². The van der Waals surface area contributed by atoms with E-state index < -0.39 is 5.97 Å². The maximum atomic E-state index is 10.9. The highest BCUT2D eigenvalue weighted by molar-refractivity contribution is 5.88. The van der Waals surface area contributed by atoms with Crippen molar-refractivity contribution < 1.29 is 14.6 Å². The van der Waals surface area contributed by atoms with Crippen LogP contribution in [0.4, 0.5) is 0 Å². The van der Waals surface area contributed by atoms with Crippen LogP contribution in [-0.2, 0) is 11.2 Å². The van der Waals surface area contributed by atoms with Crippen LogP contribution in [0.25, 0.3) is 5.52 Å². The Balaban J connectivity index is 1.91. The van der Waals surface area contributed by atoms with Crippen LogP contribution in [0.2, 0.25) is 0 Å². The van der Waals surface area contributed by atoms with E-state index in [1.54, 1.807) is 24.5 Å². The highest BCUT2D eigenvalue weighted by atomic mass is 16.5. The summed E-state index contributed by atoms with van der Waals surface area (Å²) < 4.78 is 7.51. The molecule has 1 fully saturated rings. The Morgan fingerprint density at radius 3 is 3.22 bits per heavy atom. The van der Waals surface area contributed by atoms with Crippen LogP contribution in [0.5, 0.6) is 0 Å². The molecule has 0 radical (unpaired) electrons. The molecular weight excluding hydrogens is 232 g/mol. The molecule has 0 aliphatic carbocycles. The fourth-order valence-electron chi connectivity index (χ4n) is 2.35. The van der Waals surface area contributed by atoms with Gasteiger partial charge in [-0.2, -0.15) is 0 Å². The van der Waals surface area contributed by atoms with Crippen LogP contribution in [0.15, 0.2) is 24.5 Å². The van der Waals surface area contributed by atoms with Crippen molar-refractivity contribution in [3.63, 3.8) is 0 Å². The Kier molecular flexibility index (Phi) is 2.76. The minimum atomic E-state index is -0.917. The largest absolute Gasteiger partial charge is 0.478 e. The molecule has 0 bridgehead atoms. The second-order valence-corrected chi connectivity index (χ2v) is 4.53. The summed E-state index contributed by atoms with van der Waals surface area (Å²) in [6.07, 6.45) is 6.67. The van der Waals surface area contributed by atoms with Gasteiger partial charge in [0.05, 0.1) is 23.4 Å². The Bertz CT molecular complexity index is 585. The first-order chi connectivity index (χ1) is 8.74. The van der Waals surface area contributed by atoms with Crippen molar-refractivity contribution in [3.8, 4) is 0 Å². The minimum Gasteiger partial charge on any atom is -0.478 e. The summed E-state index contributed by atoms with van der Waals surface area (Å²) in [6.45, 7) is 0.830. The van der Waals surface area contributed by atoms with Crippen LogP contribution in [0.3, 0.4) is 0 Å². The van der Waals surface area contributed by atoms with Crippen molar-refractivity contribution in [2.75, 3.05) is 6.61 Å². The number of hydrogen-bond acceptors (Lipinski definition) is 3. The van der Waals surface area contributed by atoms with E-state index in [1.165, 1.54) is 0 Å². The maximum absolute atomic E-state index is 10.9. The summed E-state index contributed by atoms with van der Waals surface area (Å²) in [5, 5.41) is 8.93.